The van der Waals surface area contributed by atoms with Crippen molar-refractivity contribution in [3.8, 4) is 0 Å². The summed E-state index contributed by atoms with van der Waals surface area (Å²) in [7, 11) is -0.522. The Morgan fingerprint density at radius 2 is 1.69 bits per heavy atom. The van der Waals surface area contributed by atoms with E-state index < -0.39 is 25.0 Å². The van der Waals surface area contributed by atoms with Gasteiger partial charge in [0.2, 0.25) is 5.91 Å². The third-order valence-electron chi connectivity index (χ3n) is 10.0. The monoisotopic (exact) mass is 582 g/mol. The number of ketones is 1. The molecule has 2 bridgehead atoms. The molecular weight excluding hydrogens is 531 g/mol. The summed E-state index contributed by atoms with van der Waals surface area (Å²) in [6.45, 7) is 19.0. The Labute approximate surface area is 252 Å². The normalized spacial score (nSPS) is 28.2. The molecule has 232 valence electrons. The van der Waals surface area contributed by atoms with Crippen LogP contribution >= 0.6 is 0 Å². The molecular formula is C32H51BN4O5. The van der Waals surface area contributed by atoms with Crippen LogP contribution in [0.5, 0.6) is 0 Å². The molecule has 0 aromatic carbocycles. The van der Waals surface area contributed by atoms with E-state index in [1.807, 2.05) is 13.8 Å². The van der Waals surface area contributed by atoms with E-state index in [2.05, 4.69) is 69.1 Å². The van der Waals surface area contributed by atoms with E-state index in [1.54, 1.807) is 0 Å². The van der Waals surface area contributed by atoms with Crippen LogP contribution in [0.1, 0.15) is 105 Å². The molecule has 3 unspecified atom stereocenters. The summed E-state index contributed by atoms with van der Waals surface area (Å²) in [5, 5.41) is 6.09. The molecule has 4 aliphatic rings. The van der Waals surface area contributed by atoms with Gasteiger partial charge in [-0.3, -0.25) is 19.4 Å². The van der Waals surface area contributed by atoms with Crippen molar-refractivity contribution >= 4 is 24.7 Å². The highest BCUT2D eigenvalue weighted by Gasteiger charge is 2.68. The number of hydrogen-bond acceptors (Lipinski definition) is 7. The maximum atomic E-state index is 13.9. The van der Waals surface area contributed by atoms with Crippen LogP contribution in [0.3, 0.4) is 0 Å². The molecule has 5 rings (SSSR count). The van der Waals surface area contributed by atoms with Gasteiger partial charge in [0.1, 0.15) is 5.69 Å². The Hall–Kier alpha value is -2.33. The summed E-state index contributed by atoms with van der Waals surface area (Å²) in [6.07, 6.45) is 7.78. The lowest BCUT2D eigenvalue weighted by atomic mass is 9.43. The third kappa shape index (κ3) is 6.75. The average molecular weight is 583 g/mol. The minimum absolute atomic E-state index is 0.0311. The molecule has 1 aromatic rings. The molecule has 42 heavy (non-hydrogen) atoms. The third-order valence-corrected chi connectivity index (χ3v) is 10.0. The SMILES string of the molecule is CC(C)C[C@H](CC(=O)C(NC(=O)c1cnccn1)C(C)C)C(=O)N[C@@H](CC(C)C)B1OC2CC3C[C@@H](C3(C)C)[C@]2(C)O1. The molecule has 1 aliphatic heterocycles. The summed E-state index contributed by atoms with van der Waals surface area (Å²) in [5.74, 6) is -0.197. The van der Waals surface area contributed by atoms with Gasteiger partial charge in [0.15, 0.2) is 5.78 Å². The van der Waals surface area contributed by atoms with Crippen LogP contribution in [0.4, 0.5) is 0 Å². The number of carbonyl (C=O) groups is 3. The maximum Gasteiger partial charge on any atom is 0.481 e. The van der Waals surface area contributed by atoms with Gasteiger partial charge in [0.25, 0.3) is 5.91 Å². The zero-order valence-corrected chi connectivity index (χ0v) is 27.0. The average Bonchev–Trinajstić information content (AvgIpc) is 3.27. The van der Waals surface area contributed by atoms with Crippen molar-refractivity contribution in [1.82, 2.24) is 20.6 Å². The van der Waals surface area contributed by atoms with Crippen molar-refractivity contribution in [2.24, 2.45) is 40.9 Å². The van der Waals surface area contributed by atoms with Gasteiger partial charge in [-0.2, -0.15) is 0 Å². The number of Topliss-reactive ketones (excluding diaryl/α,β-unsaturated/α-hetero) is 1. The van der Waals surface area contributed by atoms with Gasteiger partial charge in [-0.15, -0.1) is 0 Å². The van der Waals surface area contributed by atoms with Gasteiger partial charge >= 0.3 is 7.12 Å². The highest BCUT2D eigenvalue weighted by atomic mass is 16.7. The predicted molar refractivity (Wildman–Crippen MR) is 162 cm³/mol. The van der Waals surface area contributed by atoms with Crippen molar-refractivity contribution in [1.29, 1.82) is 0 Å². The van der Waals surface area contributed by atoms with Gasteiger partial charge in [-0.1, -0.05) is 55.4 Å². The summed E-state index contributed by atoms with van der Waals surface area (Å²) >= 11 is 0. The molecule has 1 saturated heterocycles. The fraction of sp³-hybridized carbons (Fsp3) is 0.781. The first-order valence-corrected chi connectivity index (χ1v) is 15.9. The predicted octanol–water partition coefficient (Wildman–Crippen LogP) is 4.65. The standard InChI is InChI=1S/C32H51BN4O5/c1-18(2)12-21(14-24(38)28(20(5)6)37-30(40)23-17-34-10-11-35-23)29(39)36-27(13-19(3)4)33-41-26-16-22-15-25(31(22,7)8)32(26,9)42-33/h10-11,17-22,25-28H,12-16H2,1-9H3,(H,36,39)(H,37,40)/t21-,22?,25+,26?,27+,28?,32+/m1/s1. The number of rotatable bonds is 13. The molecule has 3 aliphatic carbocycles. The highest BCUT2D eigenvalue weighted by molar-refractivity contribution is 6.47. The van der Waals surface area contributed by atoms with Crippen LogP contribution in [0, 0.1) is 40.9 Å². The zero-order chi connectivity index (χ0) is 31.0. The van der Waals surface area contributed by atoms with Crippen LogP contribution in [0.25, 0.3) is 0 Å². The Morgan fingerprint density at radius 3 is 2.26 bits per heavy atom. The largest absolute Gasteiger partial charge is 0.481 e. The molecule has 2 amide bonds. The molecule has 3 saturated carbocycles. The summed E-state index contributed by atoms with van der Waals surface area (Å²) in [4.78, 5) is 48.3. The quantitative estimate of drug-likeness (QED) is 0.325. The topological polar surface area (TPSA) is 120 Å². The van der Waals surface area contributed by atoms with E-state index in [-0.39, 0.29) is 58.7 Å². The van der Waals surface area contributed by atoms with Crippen LogP contribution < -0.4 is 10.6 Å². The highest BCUT2D eigenvalue weighted by Crippen LogP contribution is 2.65. The number of amides is 2. The second-order valence-corrected chi connectivity index (χ2v) is 14.9. The molecule has 0 radical (unpaired) electrons. The van der Waals surface area contributed by atoms with E-state index >= 15 is 0 Å². The summed E-state index contributed by atoms with van der Waals surface area (Å²) in [5.41, 5.74) is 0.0242. The lowest BCUT2D eigenvalue weighted by molar-refractivity contribution is -0.199. The first-order chi connectivity index (χ1) is 19.6. The lowest BCUT2D eigenvalue weighted by Gasteiger charge is -2.64. The number of nitrogens with zero attached hydrogens (tertiary/aromatic N) is 2. The second-order valence-electron chi connectivity index (χ2n) is 14.9. The number of hydrogen-bond donors (Lipinski definition) is 2. The number of aromatic nitrogens is 2. The zero-order valence-electron chi connectivity index (χ0n) is 27.0. The van der Waals surface area contributed by atoms with E-state index in [0.717, 1.165) is 6.42 Å². The number of nitrogens with one attached hydrogen (secondary N) is 2. The van der Waals surface area contributed by atoms with E-state index in [1.165, 1.54) is 25.0 Å². The first-order valence-electron chi connectivity index (χ1n) is 15.9. The Morgan fingerprint density at radius 1 is 1.00 bits per heavy atom. The molecule has 2 N–H and O–H groups in total. The van der Waals surface area contributed by atoms with Gasteiger partial charge in [-0.25, -0.2) is 4.98 Å². The Kier molecular flexibility index (Phi) is 9.87. The molecule has 0 spiro atoms. The summed E-state index contributed by atoms with van der Waals surface area (Å²) < 4.78 is 13.3. The molecule has 9 nitrogen and oxygen atoms in total. The van der Waals surface area contributed by atoms with Crippen molar-refractivity contribution in [3.05, 3.63) is 24.3 Å². The lowest BCUT2D eigenvalue weighted by Crippen LogP contribution is -2.65. The van der Waals surface area contributed by atoms with Crippen molar-refractivity contribution in [2.45, 2.75) is 118 Å². The van der Waals surface area contributed by atoms with Crippen LogP contribution in [-0.2, 0) is 18.9 Å². The van der Waals surface area contributed by atoms with E-state index in [4.69, 9.17) is 9.31 Å². The van der Waals surface area contributed by atoms with Crippen molar-refractivity contribution < 1.29 is 23.7 Å². The van der Waals surface area contributed by atoms with Gasteiger partial charge < -0.3 is 19.9 Å². The number of carbonyl (C=O) groups excluding carboxylic acids is 3. The first kappa shape index (κ1) is 32.6. The van der Waals surface area contributed by atoms with Gasteiger partial charge in [-0.05, 0) is 67.6 Å². The van der Waals surface area contributed by atoms with E-state index in [9.17, 15) is 14.4 Å². The molecule has 2 heterocycles. The van der Waals surface area contributed by atoms with Crippen LogP contribution in [-0.4, -0.2) is 58.4 Å². The molecule has 7 atom stereocenters. The molecule has 4 fully saturated rings. The van der Waals surface area contributed by atoms with Crippen LogP contribution in [0.2, 0.25) is 0 Å². The van der Waals surface area contributed by atoms with Gasteiger partial charge in [0, 0.05) is 24.7 Å². The molecule has 1 aromatic heterocycles. The minimum atomic E-state index is -0.743. The second kappa shape index (κ2) is 12.7. The van der Waals surface area contributed by atoms with E-state index in [0.29, 0.717) is 30.6 Å². The van der Waals surface area contributed by atoms with Crippen molar-refractivity contribution in [2.75, 3.05) is 0 Å². The smallest absolute Gasteiger partial charge is 0.404 e. The minimum Gasteiger partial charge on any atom is -0.404 e. The summed E-state index contributed by atoms with van der Waals surface area (Å²) in [6, 6.07) is -0.743. The van der Waals surface area contributed by atoms with Gasteiger partial charge in [0.05, 0.1) is 29.9 Å². The Balaban J connectivity index is 1.46. The van der Waals surface area contributed by atoms with Crippen molar-refractivity contribution in [3.63, 3.8) is 0 Å². The van der Waals surface area contributed by atoms with Crippen LogP contribution in [0.15, 0.2) is 18.6 Å². The fourth-order valence-electron chi connectivity index (χ4n) is 7.59. The maximum absolute atomic E-state index is 13.9. The molecule has 10 heteroatoms. The Bertz CT molecular complexity index is 1130. The fourth-order valence-corrected chi connectivity index (χ4v) is 7.59.